The summed E-state index contributed by atoms with van der Waals surface area (Å²) >= 11 is 12.0. The fourth-order valence-corrected chi connectivity index (χ4v) is 6.62. The van der Waals surface area contributed by atoms with E-state index in [-0.39, 0.29) is 37.0 Å². The normalized spacial score (nSPS) is 25.0. The molecule has 0 aliphatic carbocycles. The van der Waals surface area contributed by atoms with E-state index in [1.807, 2.05) is 0 Å². The van der Waals surface area contributed by atoms with Crippen LogP contribution < -0.4 is 10.1 Å². The number of ether oxygens (including phenoxy) is 3. The standard InChI is InChI=1S/C25H30Cl2N2O7S/c1-34-18-3-6-20(7-4-18)37(32,33)29-13-17(30)14-35-15-24-23(29)9-5-19(36-24)11-25(31)28-12-16-2-8-21(26)22(27)10-16/h2-4,6-8,10,17,19,23-24,30H,5,9,11-15H2,1H3,(H,28,31)/t17-,19+,23+,24-/m0/s1. The number of benzene rings is 2. The van der Waals surface area contributed by atoms with Gasteiger partial charge in [0.15, 0.2) is 0 Å². The third-order valence-corrected chi connectivity index (χ3v) is 9.13. The van der Waals surface area contributed by atoms with Crippen molar-refractivity contribution in [3.8, 4) is 5.75 Å². The van der Waals surface area contributed by atoms with Gasteiger partial charge in [0, 0.05) is 13.1 Å². The number of amides is 1. The van der Waals surface area contributed by atoms with Gasteiger partial charge in [-0.1, -0.05) is 29.3 Å². The van der Waals surface area contributed by atoms with Gasteiger partial charge in [-0.2, -0.15) is 4.31 Å². The zero-order chi connectivity index (χ0) is 26.6. The zero-order valence-electron chi connectivity index (χ0n) is 20.3. The van der Waals surface area contributed by atoms with E-state index in [0.717, 1.165) is 5.56 Å². The molecule has 2 aromatic carbocycles. The molecule has 0 radical (unpaired) electrons. The van der Waals surface area contributed by atoms with Crippen LogP contribution in [-0.2, 0) is 30.8 Å². The Balaban J connectivity index is 1.42. The van der Waals surface area contributed by atoms with Gasteiger partial charge in [0.05, 0.1) is 66.0 Å². The van der Waals surface area contributed by atoms with Gasteiger partial charge in [-0.15, -0.1) is 0 Å². The molecule has 9 nitrogen and oxygen atoms in total. The summed E-state index contributed by atoms with van der Waals surface area (Å²) in [5, 5.41) is 14.1. The summed E-state index contributed by atoms with van der Waals surface area (Å²) < 4.78 is 45.4. The molecule has 2 aliphatic heterocycles. The summed E-state index contributed by atoms with van der Waals surface area (Å²) in [4.78, 5) is 12.7. The third kappa shape index (κ3) is 6.94. The van der Waals surface area contributed by atoms with E-state index in [1.165, 1.54) is 23.5 Å². The van der Waals surface area contributed by atoms with Crippen molar-refractivity contribution in [2.45, 2.75) is 55.1 Å². The molecule has 0 spiro atoms. The lowest BCUT2D eigenvalue weighted by Crippen LogP contribution is -2.57. The van der Waals surface area contributed by atoms with Crippen LogP contribution in [-0.4, -0.2) is 75.0 Å². The number of fused-ring (bicyclic) bond motifs is 1. The number of hydrogen-bond acceptors (Lipinski definition) is 7. The number of methoxy groups -OCH3 is 1. The van der Waals surface area contributed by atoms with Crippen molar-refractivity contribution in [2.24, 2.45) is 0 Å². The largest absolute Gasteiger partial charge is 0.497 e. The van der Waals surface area contributed by atoms with Gasteiger partial charge in [-0.3, -0.25) is 4.79 Å². The van der Waals surface area contributed by atoms with Crippen molar-refractivity contribution in [1.82, 2.24) is 9.62 Å². The number of hydrogen-bond donors (Lipinski definition) is 2. The summed E-state index contributed by atoms with van der Waals surface area (Å²) in [5.74, 6) is 0.346. The van der Waals surface area contributed by atoms with Crippen molar-refractivity contribution in [1.29, 1.82) is 0 Å². The Morgan fingerprint density at radius 2 is 1.89 bits per heavy atom. The lowest BCUT2D eigenvalue weighted by Gasteiger charge is -2.43. The average molecular weight is 573 g/mol. The van der Waals surface area contributed by atoms with Crippen LogP contribution in [0.25, 0.3) is 0 Å². The molecule has 0 bridgehead atoms. The van der Waals surface area contributed by atoms with Gasteiger partial charge in [-0.25, -0.2) is 8.42 Å². The van der Waals surface area contributed by atoms with Gasteiger partial charge in [0.2, 0.25) is 15.9 Å². The molecular formula is C25H30Cl2N2O7S. The molecule has 2 aromatic rings. The third-order valence-electron chi connectivity index (χ3n) is 6.49. The maximum absolute atomic E-state index is 13.6. The molecule has 1 amide bonds. The minimum absolute atomic E-state index is 0.0178. The fourth-order valence-electron chi connectivity index (χ4n) is 4.58. The summed E-state index contributed by atoms with van der Waals surface area (Å²) in [6.45, 7) is 0.269. The Bertz CT molecular complexity index is 1200. The Morgan fingerprint density at radius 3 is 2.59 bits per heavy atom. The second kappa shape index (κ2) is 12.3. The predicted octanol–water partition coefficient (Wildman–Crippen LogP) is 3.01. The van der Waals surface area contributed by atoms with Crippen LogP contribution in [0.3, 0.4) is 0 Å². The summed E-state index contributed by atoms with van der Waals surface area (Å²) in [5.41, 5.74) is 0.818. The zero-order valence-corrected chi connectivity index (χ0v) is 22.6. The summed E-state index contributed by atoms with van der Waals surface area (Å²) in [6.07, 6.45) is -0.889. The van der Waals surface area contributed by atoms with Gasteiger partial charge in [0.1, 0.15) is 5.75 Å². The first-order chi connectivity index (χ1) is 17.7. The van der Waals surface area contributed by atoms with Crippen LogP contribution in [0.4, 0.5) is 0 Å². The molecule has 2 saturated heterocycles. The van der Waals surface area contributed by atoms with Crippen molar-refractivity contribution in [3.05, 3.63) is 58.1 Å². The molecule has 2 heterocycles. The summed E-state index contributed by atoms with van der Waals surface area (Å²) in [6, 6.07) is 10.7. The first kappa shape index (κ1) is 28.1. The Hall–Kier alpha value is -1.92. The average Bonchev–Trinajstić information content (AvgIpc) is 2.87. The molecule has 2 aliphatic rings. The van der Waals surface area contributed by atoms with Crippen molar-refractivity contribution in [3.63, 3.8) is 0 Å². The van der Waals surface area contributed by atoms with E-state index >= 15 is 0 Å². The highest BCUT2D eigenvalue weighted by Crippen LogP contribution is 2.32. The van der Waals surface area contributed by atoms with E-state index in [9.17, 15) is 18.3 Å². The molecule has 4 atom stereocenters. The van der Waals surface area contributed by atoms with Gasteiger partial charge in [-0.05, 0) is 54.8 Å². The number of aliphatic hydroxyl groups is 1. The second-order valence-corrected chi connectivity index (χ2v) is 11.8. The van der Waals surface area contributed by atoms with Crippen molar-refractivity contribution < 1.29 is 32.5 Å². The molecule has 4 rings (SSSR count). The van der Waals surface area contributed by atoms with Gasteiger partial charge in [0.25, 0.3) is 0 Å². The number of nitrogens with one attached hydrogen (secondary N) is 1. The molecule has 0 saturated carbocycles. The Kier molecular flexibility index (Phi) is 9.33. The van der Waals surface area contributed by atoms with Crippen LogP contribution in [0.5, 0.6) is 5.75 Å². The fraction of sp³-hybridized carbons (Fsp3) is 0.480. The van der Waals surface area contributed by atoms with Crippen LogP contribution in [0.15, 0.2) is 47.4 Å². The molecule has 202 valence electrons. The molecule has 0 aromatic heterocycles. The molecular weight excluding hydrogens is 543 g/mol. The van der Waals surface area contributed by atoms with Crippen LogP contribution in [0.1, 0.15) is 24.8 Å². The minimum atomic E-state index is -3.93. The summed E-state index contributed by atoms with van der Waals surface area (Å²) in [7, 11) is -2.43. The SMILES string of the molecule is COc1ccc(S(=O)(=O)N2C[C@H](O)COC[C@@H]3O[C@@H](CC(=O)NCc4ccc(Cl)c(Cl)c4)CC[C@H]32)cc1. The van der Waals surface area contributed by atoms with E-state index in [2.05, 4.69) is 5.32 Å². The molecule has 37 heavy (non-hydrogen) atoms. The number of nitrogens with zero attached hydrogens (tertiary/aromatic N) is 1. The highest BCUT2D eigenvalue weighted by atomic mass is 35.5. The van der Waals surface area contributed by atoms with Crippen molar-refractivity contribution >= 4 is 39.1 Å². The lowest BCUT2D eigenvalue weighted by molar-refractivity contribution is -0.146. The van der Waals surface area contributed by atoms with E-state index in [4.69, 9.17) is 37.4 Å². The predicted molar refractivity (Wildman–Crippen MR) is 138 cm³/mol. The van der Waals surface area contributed by atoms with E-state index < -0.39 is 34.4 Å². The smallest absolute Gasteiger partial charge is 0.243 e. The maximum atomic E-state index is 13.6. The quantitative estimate of drug-likeness (QED) is 0.524. The highest BCUT2D eigenvalue weighted by Gasteiger charge is 2.43. The van der Waals surface area contributed by atoms with Crippen LogP contribution in [0, 0.1) is 0 Å². The number of halogens is 2. The monoisotopic (exact) mass is 572 g/mol. The molecule has 2 N–H and O–H groups in total. The number of sulfonamides is 1. The number of carbonyl (C=O) groups excluding carboxylic acids is 1. The molecule has 12 heteroatoms. The number of carbonyl (C=O) groups is 1. The van der Waals surface area contributed by atoms with Gasteiger partial charge < -0.3 is 24.6 Å². The van der Waals surface area contributed by atoms with Crippen LogP contribution in [0.2, 0.25) is 10.0 Å². The molecule has 0 unspecified atom stereocenters. The maximum Gasteiger partial charge on any atom is 0.243 e. The Labute approximate surface area is 226 Å². The number of rotatable bonds is 7. The van der Waals surface area contributed by atoms with E-state index in [0.29, 0.717) is 35.2 Å². The first-order valence-corrected chi connectivity index (χ1v) is 14.1. The lowest BCUT2D eigenvalue weighted by atomic mass is 9.96. The second-order valence-electron chi connectivity index (χ2n) is 9.11. The topological polar surface area (TPSA) is 114 Å². The number of β-amino-alcohol motifs (C(OH)–C–C–N with tert-alkyl or cyclic N) is 1. The van der Waals surface area contributed by atoms with Gasteiger partial charge >= 0.3 is 0 Å². The number of aliphatic hydroxyl groups excluding tert-OH is 1. The minimum Gasteiger partial charge on any atom is -0.497 e. The molecule has 2 fully saturated rings. The van der Waals surface area contributed by atoms with Crippen molar-refractivity contribution in [2.75, 3.05) is 26.9 Å². The van der Waals surface area contributed by atoms with E-state index in [1.54, 1.807) is 30.3 Å². The highest BCUT2D eigenvalue weighted by molar-refractivity contribution is 7.89. The van der Waals surface area contributed by atoms with Crippen LogP contribution >= 0.6 is 23.2 Å². The first-order valence-electron chi connectivity index (χ1n) is 11.9. The Morgan fingerprint density at radius 1 is 1.14 bits per heavy atom.